The summed E-state index contributed by atoms with van der Waals surface area (Å²) in [6.45, 7) is 1.55. The zero-order chi connectivity index (χ0) is 22.1. The average Bonchev–Trinajstić information content (AvgIpc) is 3.24. The maximum atomic E-state index is 10.9. The number of hydrogen-bond donors (Lipinski definition) is 2. The van der Waals surface area contributed by atoms with Crippen LogP contribution in [0, 0.1) is 10.1 Å². The van der Waals surface area contributed by atoms with Crippen molar-refractivity contribution in [2.24, 2.45) is 0 Å². The van der Waals surface area contributed by atoms with Gasteiger partial charge >= 0.3 is 8.25 Å². The molecule has 162 valence electrons. The van der Waals surface area contributed by atoms with Gasteiger partial charge in [0, 0.05) is 34.6 Å². The Morgan fingerprint density at radius 2 is 2.00 bits per heavy atom. The molecule has 0 fully saturated rings. The number of nitrogens with zero attached hydrogens (tertiary/aromatic N) is 3. The van der Waals surface area contributed by atoms with Gasteiger partial charge in [0.1, 0.15) is 6.61 Å². The Kier molecular flexibility index (Phi) is 8.63. The van der Waals surface area contributed by atoms with Crippen molar-refractivity contribution < 1.29 is 23.3 Å². The lowest BCUT2D eigenvalue weighted by Gasteiger charge is -2.04. The van der Waals surface area contributed by atoms with Crippen molar-refractivity contribution in [3.63, 3.8) is 0 Å². The molecule has 31 heavy (non-hydrogen) atoms. The molecule has 1 aromatic heterocycles. The summed E-state index contributed by atoms with van der Waals surface area (Å²) in [5, 5.41) is 22.6. The molecular weight excluding hydrogens is 443 g/mol. The van der Waals surface area contributed by atoms with Crippen LogP contribution in [0.5, 0.6) is 0 Å². The van der Waals surface area contributed by atoms with Gasteiger partial charge in [0.15, 0.2) is 0 Å². The lowest BCUT2D eigenvalue weighted by atomic mass is 10.1. The largest absolute Gasteiger partial charge is 0.694 e. The molecule has 0 saturated heterocycles. The number of hydrogen-bond acceptors (Lipinski definition) is 9. The van der Waals surface area contributed by atoms with E-state index in [9.17, 15) is 14.7 Å². The number of nitro groups is 1. The Labute approximate surface area is 183 Å². The second-order valence-electron chi connectivity index (χ2n) is 6.39. The molecule has 1 unspecified atom stereocenters. The number of benzene rings is 2. The minimum absolute atomic E-state index is 0.0502. The summed E-state index contributed by atoms with van der Waals surface area (Å²) in [6.07, 6.45) is 0.637. The van der Waals surface area contributed by atoms with Crippen LogP contribution >= 0.6 is 20.0 Å². The SMILES string of the molecule is O=[N+]([O-])c1cccc(CSc2nnc(-c3ccc(CNCCCO[P+](=O)O)cc3)o2)c1. The Balaban J connectivity index is 1.47. The number of thioether (sulfide) groups is 1. The minimum atomic E-state index is -2.53. The molecule has 1 heterocycles. The highest BCUT2D eigenvalue weighted by atomic mass is 32.2. The molecule has 2 N–H and O–H groups in total. The Morgan fingerprint density at radius 3 is 2.74 bits per heavy atom. The highest BCUT2D eigenvalue weighted by molar-refractivity contribution is 7.98. The van der Waals surface area contributed by atoms with Gasteiger partial charge < -0.3 is 9.73 Å². The van der Waals surface area contributed by atoms with Gasteiger partial charge in [-0.2, -0.15) is 0 Å². The van der Waals surface area contributed by atoms with Crippen LogP contribution in [0.1, 0.15) is 17.5 Å². The van der Waals surface area contributed by atoms with Crippen molar-refractivity contribution in [2.45, 2.75) is 23.9 Å². The molecule has 0 radical (unpaired) electrons. The van der Waals surface area contributed by atoms with Crippen molar-refractivity contribution in [1.82, 2.24) is 15.5 Å². The molecule has 10 nitrogen and oxygen atoms in total. The Bertz CT molecular complexity index is 1030. The monoisotopic (exact) mass is 463 g/mol. The topological polar surface area (TPSA) is 141 Å². The summed E-state index contributed by atoms with van der Waals surface area (Å²) in [7, 11) is -2.53. The van der Waals surface area contributed by atoms with E-state index >= 15 is 0 Å². The summed E-state index contributed by atoms with van der Waals surface area (Å²) in [5.41, 5.74) is 2.71. The van der Waals surface area contributed by atoms with E-state index in [1.54, 1.807) is 6.07 Å². The minimum Gasteiger partial charge on any atom is -0.411 e. The Morgan fingerprint density at radius 1 is 1.19 bits per heavy atom. The van der Waals surface area contributed by atoms with Crippen molar-refractivity contribution in [3.05, 3.63) is 69.8 Å². The van der Waals surface area contributed by atoms with Gasteiger partial charge in [0.05, 0.1) is 4.92 Å². The quantitative estimate of drug-likeness (QED) is 0.133. The van der Waals surface area contributed by atoms with E-state index in [4.69, 9.17) is 9.31 Å². The van der Waals surface area contributed by atoms with Gasteiger partial charge in [-0.25, -0.2) is 0 Å². The number of rotatable bonds is 12. The average molecular weight is 463 g/mol. The maximum Gasteiger partial charge on any atom is 0.694 e. The first-order valence-electron chi connectivity index (χ1n) is 9.30. The number of aromatic nitrogens is 2. The van der Waals surface area contributed by atoms with Crippen LogP contribution in [0.2, 0.25) is 0 Å². The molecule has 3 aromatic rings. The van der Waals surface area contributed by atoms with Gasteiger partial charge in [-0.1, -0.05) is 36.0 Å². The molecule has 0 amide bonds. The standard InChI is InChI=1S/C19H19N4O6PS/c24-23(25)17-4-1-3-15(11-17)13-31-19-22-21-18(29-19)16-7-5-14(6-8-16)12-20-9-2-10-28-30(26)27/h1,3-8,11,20H,2,9-10,12-13H2/p+1. The van der Waals surface area contributed by atoms with E-state index in [-0.39, 0.29) is 12.3 Å². The first kappa shape index (κ1) is 23.0. The lowest BCUT2D eigenvalue weighted by Crippen LogP contribution is -2.15. The van der Waals surface area contributed by atoms with Gasteiger partial charge in [-0.05, 0) is 36.2 Å². The zero-order valence-corrected chi connectivity index (χ0v) is 18.1. The molecule has 0 aliphatic carbocycles. The van der Waals surface area contributed by atoms with Crippen molar-refractivity contribution in [3.8, 4) is 11.5 Å². The second kappa shape index (κ2) is 11.6. The van der Waals surface area contributed by atoms with Gasteiger partial charge in [0.25, 0.3) is 10.9 Å². The van der Waals surface area contributed by atoms with E-state index in [1.165, 1.54) is 23.9 Å². The van der Waals surface area contributed by atoms with Crippen LogP contribution in [0.25, 0.3) is 11.5 Å². The highest BCUT2D eigenvalue weighted by Gasteiger charge is 2.12. The zero-order valence-electron chi connectivity index (χ0n) is 16.3. The number of nitro benzene ring substituents is 1. The van der Waals surface area contributed by atoms with Crippen LogP contribution < -0.4 is 5.32 Å². The highest BCUT2D eigenvalue weighted by Crippen LogP contribution is 2.27. The van der Waals surface area contributed by atoms with Crippen LogP contribution in [0.15, 0.2) is 58.2 Å². The summed E-state index contributed by atoms with van der Waals surface area (Å²) in [4.78, 5) is 19.0. The fourth-order valence-corrected chi connectivity index (χ4v) is 3.62. The summed E-state index contributed by atoms with van der Waals surface area (Å²) < 4.78 is 20.7. The van der Waals surface area contributed by atoms with E-state index < -0.39 is 13.2 Å². The predicted molar refractivity (Wildman–Crippen MR) is 114 cm³/mol. The predicted octanol–water partition coefficient (Wildman–Crippen LogP) is 4.08. The van der Waals surface area contributed by atoms with Crippen molar-refractivity contribution >= 4 is 25.7 Å². The first-order valence-corrected chi connectivity index (χ1v) is 11.4. The third kappa shape index (κ3) is 7.50. The summed E-state index contributed by atoms with van der Waals surface area (Å²) in [5.74, 6) is 0.879. The molecular formula is C19H20N4O6PS+. The molecule has 0 bridgehead atoms. The third-order valence-electron chi connectivity index (χ3n) is 4.12. The molecule has 1 atom stereocenters. The normalized spacial score (nSPS) is 11.5. The second-order valence-corrected chi connectivity index (χ2v) is 8.05. The molecule has 2 aromatic carbocycles. The van der Waals surface area contributed by atoms with Crippen LogP contribution in [0.3, 0.4) is 0 Å². The van der Waals surface area contributed by atoms with Gasteiger partial charge in [-0.3, -0.25) is 10.1 Å². The maximum absolute atomic E-state index is 10.9. The van der Waals surface area contributed by atoms with Crippen LogP contribution in [-0.4, -0.2) is 33.2 Å². The van der Waals surface area contributed by atoms with Gasteiger partial charge in [-0.15, -0.1) is 19.6 Å². The smallest absolute Gasteiger partial charge is 0.411 e. The van der Waals surface area contributed by atoms with Crippen molar-refractivity contribution in [1.29, 1.82) is 0 Å². The fourth-order valence-electron chi connectivity index (χ4n) is 2.63. The first-order chi connectivity index (χ1) is 15.0. The molecule has 12 heteroatoms. The van der Waals surface area contributed by atoms with E-state index in [1.807, 2.05) is 30.3 Å². The number of non-ortho nitro benzene ring substituents is 1. The Hall–Kier alpha value is -2.69. The van der Waals surface area contributed by atoms with Crippen LogP contribution in [-0.2, 0) is 21.4 Å². The molecule has 0 saturated carbocycles. The third-order valence-corrected chi connectivity index (χ3v) is 5.41. The van der Waals surface area contributed by atoms with E-state index in [0.29, 0.717) is 36.4 Å². The molecule has 3 rings (SSSR count). The van der Waals surface area contributed by atoms with Gasteiger partial charge in [0.2, 0.25) is 5.89 Å². The number of nitrogens with one attached hydrogen (secondary N) is 1. The molecule has 0 spiro atoms. The fraction of sp³-hybridized carbons (Fsp3) is 0.263. The van der Waals surface area contributed by atoms with Crippen molar-refractivity contribution in [2.75, 3.05) is 13.2 Å². The lowest BCUT2D eigenvalue weighted by molar-refractivity contribution is -0.384. The summed E-state index contributed by atoms with van der Waals surface area (Å²) >= 11 is 1.31. The molecule has 0 aliphatic heterocycles. The van der Waals surface area contributed by atoms with Crippen LogP contribution in [0.4, 0.5) is 5.69 Å². The van der Waals surface area contributed by atoms with E-state index in [2.05, 4.69) is 20.0 Å². The molecule has 0 aliphatic rings. The van der Waals surface area contributed by atoms with E-state index in [0.717, 1.165) is 16.7 Å². The summed E-state index contributed by atoms with van der Waals surface area (Å²) in [6, 6.07) is 14.1.